The predicted molar refractivity (Wildman–Crippen MR) is 152 cm³/mol. The summed E-state index contributed by atoms with van der Waals surface area (Å²) < 4.78 is 0. The molecule has 0 spiro atoms. The number of anilines is 1. The lowest BCUT2D eigenvalue weighted by Crippen LogP contribution is -2.41. The molecule has 2 aromatic carbocycles. The number of nitrogens with two attached hydrogens (primary N) is 1. The Hall–Kier alpha value is -3.79. The lowest BCUT2D eigenvalue weighted by Gasteiger charge is -2.44. The number of benzene rings is 2. The van der Waals surface area contributed by atoms with Crippen LogP contribution in [0.5, 0.6) is 0 Å². The molecule has 1 saturated carbocycles. The van der Waals surface area contributed by atoms with Crippen molar-refractivity contribution in [2.75, 3.05) is 32.1 Å². The Morgan fingerprint density at radius 2 is 1.89 bits per heavy atom. The number of para-hydroxylation sites is 1. The zero-order valence-electron chi connectivity index (χ0n) is 21.9. The maximum absolute atomic E-state index is 10.0. The second-order valence-electron chi connectivity index (χ2n) is 10.6. The van der Waals surface area contributed by atoms with Crippen molar-refractivity contribution in [2.45, 2.75) is 44.6 Å². The summed E-state index contributed by atoms with van der Waals surface area (Å²) in [6, 6.07) is 16.7. The molecule has 7 nitrogen and oxygen atoms in total. The first-order chi connectivity index (χ1) is 18.1. The maximum Gasteiger partial charge on any atom is 0.179 e. The van der Waals surface area contributed by atoms with Crippen LogP contribution in [0.3, 0.4) is 0 Å². The largest absolute Gasteiger partial charge is 0.378 e. The molecule has 3 N–H and O–H groups in total. The number of hydrogen-bond donors (Lipinski definition) is 2. The lowest BCUT2D eigenvalue weighted by atomic mass is 9.72. The Balaban J connectivity index is 1.36. The van der Waals surface area contributed by atoms with Gasteiger partial charge in [-0.3, -0.25) is 4.99 Å². The number of H-pyrrole nitrogens is 1. The highest BCUT2D eigenvalue weighted by Gasteiger charge is 2.38. The fourth-order valence-corrected chi connectivity index (χ4v) is 6.23. The van der Waals surface area contributed by atoms with E-state index in [0.717, 1.165) is 36.2 Å². The van der Waals surface area contributed by atoms with Gasteiger partial charge in [-0.15, -0.1) is 0 Å². The van der Waals surface area contributed by atoms with Gasteiger partial charge in [-0.1, -0.05) is 49.6 Å². The molecule has 3 aromatic rings. The fourth-order valence-electron chi connectivity index (χ4n) is 6.23. The van der Waals surface area contributed by atoms with Crippen molar-refractivity contribution in [1.29, 1.82) is 5.26 Å². The van der Waals surface area contributed by atoms with Gasteiger partial charge in [0, 0.05) is 61.2 Å². The summed E-state index contributed by atoms with van der Waals surface area (Å²) >= 11 is 0. The van der Waals surface area contributed by atoms with E-state index in [9.17, 15) is 5.26 Å². The van der Waals surface area contributed by atoms with Gasteiger partial charge in [0.2, 0.25) is 0 Å². The topological polar surface area (TPSA) is 96.8 Å². The number of hydrogen-bond acceptors (Lipinski definition) is 6. The molecule has 7 heteroatoms. The summed E-state index contributed by atoms with van der Waals surface area (Å²) in [6.07, 6.45) is 11.3. The van der Waals surface area contributed by atoms with Crippen molar-refractivity contribution in [2.24, 2.45) is 27.8 Å². The molecule has 2 heterocycles. The first kappa shape index (κ1) is 24.9. The lowest BCUT2D eigenvalue weighted by molar-refractivity contribution is 0.0747. The summed E-state index contributed by atoms with van der Waals surface area (Å²) in [4.78, 5) is 12.5. The number of nitriles is 1. The number of fused-ring (bicyclic) bond motifs is 2. The fraction of sp³-hybridized carbons (Fsp3) is 0.433. The quantitative estimate of drug-likeness (QED) is 0.203. The van der Waals surface area contributed by atoms with Crippen LogP contribution in [0.2, 0.25) is 0 Å². The number of aromatic nitrogens is 1. The van der Waals surface area contributed by atoms with Gasteiger partial charge in [0.1, 0.15) is 5.71 Å². The van der Waals surface area contributed by atoms with E-state index < -0.39 is 0 Å². The molecule has 37 heavy (non-hydrogen) atoms. The second kappa shape index (κ2) is 11.1. The van der Waals surface area contributed by atoms with Crippen LogP contribution in [0.1, 0.15) is 55.0 Å². The molecule has 5 rings (SSSR count). The monoisotopic (exact) mass is 495 g/mol. The van der Waals surface area contributed by atoms with Gasteiger partial charge in [0.15, 0.2) is 6.19 Å². The number of likely N-dealkylation sites (tertiary alicyclic amines) is 1. The van der Waals surface area contributed by atoms with Crippen molar-refractivity contribution < 1.29 is 0 Å². The van der Waals surface area contributed by atoms with Gasteiger partial charge in [-0.2, -0.15) is 10.4 Å². The average Bonchev–Trinajstić information content (AvgIpc) is 3.30. The minimum Gasteiger partial charge on any atom is -0.378 e. The number of piperidine rings is 1. The van der Waals surface area contributed by atoms with Gasteiger partial charge in [-0.25, -0.2) is 0 Å². The van der Waals surface area contributed by atoms with Crippen LogP contribution >= 0.6 is 0 Å². The molecule has 0 radical (unpaired) electrons. The van der Waals surface area contributed by atoms with E-state index in [0.29, 0.717) is 24.1 Å². The Labute approximate surface area is 219 Å². The van der Waals surface area contributed by atoms with Crippen LogP contribution in [-0.2, 0) is 6.42 Å². The average molecular weight is 496 g/mol. The van der Waals surface area contributed by atoms with E-state index in [2.05, 4.69) is 57.6 Å². The SMILES string of the molecule is CN(C)c1ccc(C(C=NCCc2c(C3CC4CCCCC4CN3C#N)[nH]c3ccccc23)=NN)cc1. The third kappa shape index (κ3) is 5.20. The van der Waals surface area contributed by atoms with E-state index in [-0.39, 0.29) is 6.04 Å². The molecular weight excluding hydrogens is 458 g/mol. The molecule has 2 fully saturated rings. The second-order valence-corrected chi connectivity index (χ2v) is 10.6. The molecule has 192 valence electrons. The smallest absolute Gasteiger partial charge is 0.179 e. The van der Waals surface area contributed by atoms with Crippen molar-refractivity contribution in [3.63, 3.8) is 0 Å². The molecule has 0 bridgehead atoms. The summed E-state index contributed by atoms with van der Waals surface area (Å²) in [5, 5.41) is 15.2. The van der Waals surface area contributed by atoms with E-state index >= 15 is 0 Å². The molecule has 1 aromatic heterocycles. The Kier molecular flexibility index (Phi) is 7.45. The van der Waals surface area contributed by atoms with Crippen LogP contribution in [0.15, 0.2) is 58.6 Å². The third-order valence-corrected chi connectivity index (χ3v) is 8.23. The van der Waals surface area contributed by atoms with Crippen LogP contribution < -0.4 is 10.7 Å². The summed E-state index contributed by atoms with van der Waals surface area (Å²) in [6.45, 7) is 1.50. The first-order valence-electron chi connectivity index (χ1n) is 13.4. The number of rotatable bonds is 7. The third-order valence-electron chi connectivity index (χ3n) is 8.23. The summed E-state index contributed by atoms with van der Waals surface area (Å²) in [5.74, 6) is 7.07. The standard InChI is InChI=1S/C30H37N7/c1-36(2)24-13-11-21(12-14-24)28(35-32)18-33-16-15-26-25-9-5-6-10-27(25)34-30(26)29-17-22-7-3-4-8-23(22)19-37(29)20-31/h5-6,9-14,18,22-23,29,34H,3-4,7-8,15-17,19,32H2,1-2H3. The molecule has 0 amide bonds. The van der Waals surface area contributed by atoms with Crippen molar-refractivity contribution in [3.8, 4) is 6.19 Å². The summed E-state index contributed by atoms with van der Waals surface area (Å²) in [5.41, 5.74) is 6.32. The number of aromatic amines is 1. The van der Waals surface area contributed by atoms with E-state index in [1.54, 1.807) is 6.21 Å². The molecule has 2 aliphatic rings. The van der Waals surface area contributed by atoms with Crippen molar-refractivity contribution in [3.05, 3.63) is 65.4 Å². The van der Waals surface area contributed by atoms with Crippen LogP contribution in [0.25, 0.3) is 10.9 Å². The van der Waals surface area contributed by atoms with Gasteiger partial charge >= 0.3 is 0 Å². The maximum atomic E-state index is 10.0. The molecule has 3 atom stereocenters. The minimum absolute atomic E-state index is 0.104. The van der Waals surface area contributed by atoms with Gasteiger partial charge in [-0.05, 0) is 54.9 Å². The normalized spacial score (nSPS) is 22.2. The predicted octanol–water partition coefficient (Wildman–Crippen LogP) is 5.24. The Morgan fingerprint density at radius 1 is 1.14 bits per heavy atom. The van der Waals surface area contributed by atoms with Gasteiger partial charge in [0.05, 0.1) is 6.04 Å². The zero-order valence-corrected chi connectivity index (χ0v) is 21.9. The molecule has 3 unspecified atom stereocenters. The van der Waals surface area contributed by atoms with Crippen molar-refractivity contribution >= 4 is 28.5 Å². The molecule has 1 aliphatic heterocycles. The number of hydrazone groups is 1. The van der Waals surface area contributed by atoms with E-state index in [1.807, 2.05) is 31.1 Å². The van der Waals surface area contributed by atoms with E-state index in [4.69, 9.17) is 10.8 Å². The van der Waals surface area contributed by atoms with Crippen molar-refractivity contribution in [1.82, 2.24) is 9.88 Å². The Morgan fingerprint density at radius 3 is 2.62 bits per heavy atom. The first-order valence-corrected chi connectivity index (χ1v) is 13.4. The van der Waals surface area contributed by atoms with Gasteiger partial charge < -0.3 is 20.6 Å². The molecular formula is C30H37N7. The molecule has 1 saturated heterocycles. The van der Waals surface area contributed by atoms with Crippen LogP contribution in [0.4, 0.5) is 5.69 Å². The highest BCUT2D eigenvalue weighted by Crippen LogP contribution is 2.44. The number of nitrogens with zero attached hydrogens (tertiary/aromatic N) is 5. The number of aliphatic imine (C=N–C) groups is 1. The van der Waals surface area contributed by atoms with Gasteiger partial charge in [0.25, 0.3) is 0 Å². The number of nitrogens with one attached hydrogen (secondary N) is 1. The van der Waals surface area contributed by atoms with E-state index in [1.165, 1.54) is 42.3 Å². The van der Waals surface area contributed by atoms with Crippen LogP contribution in [0, 0.1) is 23.3 Å². The highest BCUT2D eigenvalue weighted by molar-refractivity contribution is 6.38. The van der Waals surface area contributed by atoms with Crippen LogP contribution in [-0.4, -0.2) is 49.0 Å². The minimum atomic E-state index is 0.104. The summed E-state index contributed by atoms with van der Waals surface area (Å²) in [7, 11) is 4.04. The zero-order chi connectivity index (χ0) is 25.8. The Bertz CT molecular complexity index is 1310. The highest BCUT2D eigenvalue weighted by atomic mass is 15.2. The molecule has 1 aliphatic carbocycles.